The molecule has 1 atom stereocenters. The van der Waals surface area contributed by atoms with Crippen molar-refractivity contribution in [3.05, 3.63) is 30.7 Å². The predicted molar refractivity (Wildman–Crippen MR) is 79.4 cm³/mol. The van der Waals surface area contributed by atoms with E-state index in [1.165, 1.54) is 11.3 Å². The number of thiazole rings is 1. The lowest BCUT2D eigenvalue weighted by atomic mass is 10.1. The second-order valence-electron chi connectivity index (χ2n) is 4.71. The Balaban J connectivity index is 1.84. The number of hydrogen-bond acceptors (Lipinski definition) is 6. The van der Waals surface area contributed by atoms with Crippen LogP contribution in [0.2, 0.25) is 0 Å². The van der Waals surface area contributed by atoms with E-state index in [0.29, 0.717) is 11.7 Å². The van der Waals surface area contributed by atoms with Crippen molar-refractivity contribution in [1.29, 1.82) is 5.26 Å². The van der Waals surface area contributed by atoms with Crippen LogP contribution >= 0.6 is 11.3 Å². The molecule has 1 amide bonds. The topological polar surface area (TPSA) is 81.9 Å². The monoisotopic (exact) mass is 299 g/mol. The molecule has 3 heterocycles. The van der Waals surface area contributed by atoms with Gasteiger partial charge >= 0.3 is 0 Å². The molecule has 1 saturated heterocycles. The van der Waals surface area contributed by atoms with E-state index in [1.807, 2.05) is 18.3 Å². The average molecular weight is 299 g/mol. The Hall–Kier alpha value is -2.30. The number of nitrogens with one attached hydrogen (secondary N) is 1. The number of carbonyl (C=O) groups is 1. The van der Waals surface area contributed by atoms with Crippen molar-refractivity contribution in [2.75, 3.05) is 18.0 Å². The summed E-state index contributed by atoms with van der Waals surface area (Å²) in [4.78, 5) is 22.6. The molecular formula is C14H13N5OS. The lowest BCUT2D eigenvalue weighted by Gasteiger charge is -2.14. The minimum atomic E-state index is -0.186. The van der Waals surface area contributed by atoms with Crippen molar-refractivity contribution < 1.29 is 4.79 Å². The molecule has 0 radical (unpaired) electrons. The van der Waals surface area contributed by atoms with Gasteiger partial charge in [0.2, 0.25) is 11.0 Å². The second-order valence-corrected chi connectivity index (χ2v) is 5.72. The summed E-state index contributed by atoms with van der Waals surface area (Å²) in [5, 5.41) is 12.8. The molecule has 0 saturated carbocycles. The highest BCUT2D eigenvalue weighted by molar-refractivity contribution is 7.19. The standard InChI is InChI=1S/C14H13N5OS/c15-9-19(13(20)11-3-5-17-7-11)14-18-8-12(21-14)10-2-1-4-16-6-10/h1-2,4,6,8,11,17H,3,5,7H2. The third-order valence-corrected chi connectivity index (χ3v) is 4.39. The van der Waals surface area contributed by atoms with Crippen LogP contribution in [-0.4, -0.2) is 29.0 Å². The Morgan fingerprint density at radius 1 is 1.52 bits per heavy atom. The third kappa shape index (κ3) is 2.77. The van der Waals surface area contributed by atoms with E-state index in [-0.39, 0.29) is 11.8 Å². The number of amides is 1. The first kappa shape index (κ1) is 13.7. The molecule has 0 bridgehead atoms. The minimum Gasteiger partial charge on any atom is -0.316 e. The molecule has 1 aliphatic rings. The highest BCUT2D eigenvalue weighted by Gasteiger charge is 2.29. The fourth-order valence-electron chi connectivity index (χ4n) is 2.24. The summed E-state index contributed by atoms with van der Waals surface area (Å²) in [7, 11) is 0. The Bertz CT molecular complexity index is 672. The molecule has 2 aromatic rings. The number of nitriles is 1. The third-order valence-electron chi connectivity index (χ3n) is 3.36. The van der Waals surface area contributed by atoms with Gasteiger partial charge in [-0.05, 0) is 19.0 Å². The molecule has 21 heavy (non-hydrogen) atoms. The average Bonchev–Trinajstić information content (AvgIpc) is 3.21. The summed E-state index contributed by atoms with van der Waals surface area (Å²) in [5.41, 5.74) is 0.925. The van der Waals surface area contributed by atoms with Gasteiger partial charge in [0.15, 0.2) is 6.19 Å². The van der Waals surface area contributed by atoms with E-state index in [0.717, 1.165) is 28.3 Å². The first-order valence-electron chi connectivity index (χ1n) is 6.60. The zero-order chi connectivity index (χ0) is 14.7. The van der Waals surface area contributed by atoms with Crippen molar-refractivity contribution in [3.63, 3.8) is 0 Å². The molecule has 6 nitrogen and oxygen atoms in total. The number of anilines is 1. The van der Waals surface area contributed by atoms with Gasteiger partial charge in [0.05, 0.1) is 10.8 Å². The summed E-state index contributed by atoms with van der Waals surface area (Å²) in [6.07, 6.45) is 7.81. The van der Waals surface area contributed by atoms with Crippen molar-refractivity contribution >= 4 is 22.4 Å². The van der Waals surface area contributed by atoms with E-state index in [4.69, 9.17) is 0 Å². The summed E-state index contributed by atoms with van der Waals surface area (Å²) in [5.74, 6) is -0.329. The minimum absolute atomic E-state index is 0.143. The lowest BCUT2D eigenvalue weighted by Crippen LogP contribution is -2.33. The van der Waals surface area contributed by atoms with Crippen LogP contribution in [0.5, 0.6) is 0 Å². The fraction of sp³-hybridized carbons (Fsp3) is 0.286. The molecule has 106 valence electrons. The fourth-order valence-corrected chi connectivity index (χ4v) is 3.11. The van der Waals surface area contributed by atoms with Gasteiger partial charge in [-0.15, -0.1) is 0 Å². The summed E-state index contributed by atoms with van der Waals surface area (Å²) in [6.45, 7) is 1.44. The maximum absolute atomic E-state index is 12.3. The maximum Gasteiger partial charge on any atom is 0.246 e. The van der Waals surface area contributed by atoms with Crippen LogP contribution in [0.4, 0.5) is 5.13 Å². The molecule has 1 N–H and O–H groups in total. The first-order valence-corrected chi connectivity index (χ1v) is 7.42. The van der Waals surface area contributed by atoms with Crippen molar-refractivity contribution in [3.8, 4) is 16.6 Å². The molecule has 7 heteroatoms. The van der Waals surface area contributed by atoms with Gasteiger partial charge < -0.3 is 5.32 Å². The summed E-state index contributed by atoms with van der Waals surface area (Å²) in [6, 6.07) is 3.76. The normalized spacial score (nSPS) is 17.4. The zero-order valence-electron chi connectivity index (χ0n) is 11.2. The quantitative estimate of drug-likeness (QED) is 0.688. The van der Waals surface area contributed by atoms with Crippen LogP contribution in [0.15, 0.2) is 30.7 Å². The van der Waals surface area contributed by atoms with Gasteiger partial charge in [0.25, 0.3) is 0 Å². The lowest BCUT2D eigenvalue weighted by molar-refractivity contribution is -0.121. The Morgan fingerprint density at radius 3 is 3.10 bits per heavy atom. The number of carbonyl (C=O) groups excluding carboxylic acids is 1. The Labute approximate surface area is 126 Å². The molecule has 0 aliphatic carbocycles. The van der Waals surface area contributed by atoms with Gasteiger partial charge in [0, 0.05) is 30.7 Å². The molecule has 0 spiro atoms. The molecular weight excluding hydrogens is 286 g/mol. The van der Waals surface area contributed by atoms with Gasteiger partial charge in [-0.2, -0.15) is 10.2 Å². The van der Waals surface area contributed by atoms with E-state index in [9.17, 15) is 10.1 Å². The maximum atomic E-state index is 12.3. The molecule has 3 rings (SSSR count). The highest BCUT2D eigenvalue weighted by Crippen LogP contribution is 2.31. The molecule has 1 fully saturated rings. The van der Waals surface area contributed by atoms with E-state index in [2.05, 4.69) is 15.3 Å². The van der Waals surface area contributed by atoms with Crippen molar-refractivity contribution in [2.24, 2.45) is 5.92 Å². The van der Waals surface area contributed by atoms with Gasteiger partial charge in [-0.3, -0.25) is 9.78 Å². The Morgan fingerprint density at radius 2 is 2.43 bits per heavy atom. The van der Waals surface area contributed by atoms with Crippen LogP contribution in [0.25, 0.3) is 10.4 Å². The predicted octanol–water partition coefficient (Wildman–Crippen LogP) is 1.63. The van der Waals surface area contributed by atoms with Crippen molar-refractivity contribution in [1.82, 2.24) is 15.3 Å². The van der Waals surface area contributed by atoms with E-state index in [1.54, 1.807) is 18.6 Å². The van der Waals surface area contributed by atoms with E-state index < -0.39 is 0 Å². The molecule has 0 aromatic carbocycles. The number of pyridine rings is 1. The SMILES string of the molecule is N#CN(C(=O)C1CCNC1)c1ncc(-c2cccnc2)s1. The van der Waals surface area contributed by atoms with Crippen LogP contribution in [0.3, 0.4) is 0 Å². The van der Waals surface area contributed by atoms with Crippen LogP contribution in [0.1, 0.15) is 6.42 Å². The second kappa shape index (κ2) is 5.99. The first-order chi connectivity index (χ1) is 10.3. The van der Waals surface area contributed by atoms with Gasteiger partial charge in [-0.25, -0.2) is 4.98 Å². The summed E-state index contributed by atoms with van der Waals surface area (Å²) >= 11 is 1.32. The smallest absolute Gasteiger partial charge is 0.246 e. The van der Waals surface area contributed by atoms with Crippen LogP contribution < -0.4 is 10.2 Å². The number of aromatic nitrogens is 2. The Kier molecular flexibility index (Phi) is 3.90. The zero-order valence-corrected chi connectivity index (χ0v) is 12.0. The molecule has 2 aromatic heterocycles. The van der Waals surface area contributed by atoms with Crippen LogP contribution in [-0.2, 0) is 4.79 Å². The molecule has 1 aliphatic heterocycles. The van der Waals surface area contributed by atoms with E-state index >= 15 is 0 Å². The summed E-state index contributed by atoms with van der Waals surface area (Å²) < 4.78 is 0. The van der Waals surface area contributed by atoms with Crippen molar-refractivity contribution in [2.45, 2.75) is 6.42 Å². The number of rotatable bonds is 3. The van der Waals surface area contributed by atoms with Gasteiger partial charge in [0.1, 0.15) is 0 Å². The number of hydrogen-bond donors (Lipinski definition) is 1. The number of nitrogens with zero attached hydrogens (tertiary/aromatic N) is 4. The van der Waals surface area contributed by atoms with Gasteiger partial charge in [-0.1, -0.05) is 17.4 Å². The largest absolute Gasteiger partial charge is 0.316 e. The van der Waals surface area contributed by atoms with Crippen LogP contribution in [0, 0.1) is 17.4 Å². The highest BCUT2D eigenvalue weighted by atomic mass is 32.1. The molecule has 1 unspecified atom stereocenters.